The Kier molecular flexibility index (Phi) is 8.67. The summed E-state index contributed by atoms with van der Waals surface area (Å²) in [5.41, 5.74) is 2.05. The summed E-state index contributed by atoms with van der Waals surface area (Å²) in [6.07, 6.45) is -3.17. The second-order valence-electron chi connectivity index (χ2n) is 9.02. The molecule has 0 spiro atoms. The zero-order valence-corrected chi connectivity index (χ0v) is 21.2. The van der Waals surface area contributed by atoms with Crippen LogP contribution in [0.5, 0.6) is 5.75 Å². The normalized spacial score (nSPS) is 15.6. The van der Waals surface area contributed by atoms with Crippen LogP contribution in [0.2, 0.25) is 0 Å². The number of halogens is 3. The van der Waals surface area contributed by atoms with Gasteiger partial charge in [0.2, 0.25) is 0 Å². The number of amides is 1. The standard InChI is InChI=1S/C27H30F3N5O3/c1-17-22(15-32-26(36)38-16-18-7-4-3-5-8-18)25(33-20-9-6-12-31-14-20)35-34-24(17)21-11-10-19(27(28,29)30)13-23(21)37-2/h3-5,7-8,10-11,13,20,31H,6,9,12,14-16H2,1-2H3,(H,32,36)(H,33,35)/t20-/m1/s1. The van der Waals surface area contributed by atoms with Crippen LogP contribution in [0.15, 0.2) is 48.5 Å². The maximum absolute atomic E-state index is 13.3. The van der Waals surface area contributed by atoms with Crippen LogP contribution in [0, 0.1) is 6.92 Å². The third-order valence-electron chi connectivity index (χ3n) is 6.39. The van der Waals surface area contributed by atoms with E-state index in [2.05, 4.69) is 26.1 Å². The lowest BCUT2D eigenvalue weighted by atomic mass is 10.00. The number of rotatable bonds is 8. The molecular formula is C27H30F3N5O3. The first-order valence-corrected chi connectivity index (χ1v) is 12.3. The van der Waals surface area contributed by atoms with Gasteiger partial charge < -0.3 is 25.4 Å². The molecule has 1 aliphatic heterocycles. The Bertz CT molecular complexity index is 1250. The molecule has 8 nitrogen and oxygen atoms in total. The highest BCUT2D eigenvalue weighted by Crippen LogP contribution is 2.38. The summed E-state index contributed by atoms with van der Waals surface area (Å²) in [6, 6.07) is 12.7. The highest BCUT2D eigenvalue weighted by Gasteiger charge is 2.32. The fourth-order valence-corrected chi connectivity index (χ4v) is 4.31. The lowest BCUT2D eigenvalue weighted by Crippen LogP contribution is -2.39. The first kappa shape index (κ1) is 27.2. The molecule has 1 fully saturated rings. The zero-order chi connectivity index (χ0) is 27.1. The maximum atomic E-state index is 13.3. The van der Waals surface area contributed by atoms with Crippen LogP contribution in [0.3, 0.4) is 0 Å². The molecule has 4 rings (SSSR count). The van der Waals surface area contributed by atoms with Gasteiger partial charge in [0.05, 0.1) is 19.2 Å². The molecule has 202 valence electrons. The number of piperidine rings is 1. The van der Waals surface area contributed by atoms with Crippen LogP contribution < -0.4 is 20.7 Å². The maximum Gasteiger partial charge on any atom is 0.416 e. The van der Waals surface area contributed by atoms with Crippen LogP contribution in [0.4, 0.5) is 23.8 Å². The minimum atomic E-state index is -4.51. The first-order valence-electron chi connectivity index (χ1n) is 12.3. The van der Waals surface area contributed by atoms with Crippen molar-refractivity contribution >= 4 is 11.9 Å². The average Bonchev–Trinajstić information content (AvgIpc) is 2.92. The molecule has 1 saturated heterocycles. The minimum Gasteiger partial charge on any atom is -0.496 e. The fourth-order valence-electron chi connectivity index (χ4n) is 4.31. The molecule has 38 heavy (non-hydrogen) atoms. The van der Waals surface area contributed by atoms with Gasteiger partial charge in [0.25, 0.3) is 0 Å². The molecule has 0 unspecified atom stereocenters. The molecule has 3 aromatic rings. The van der Waals surface area contributed by atoms with Gasteiger partial charge >= 0.3 is 12.3 Å². The Morgan fingerprint density at radius 2 is 1.95 bits per heavy atom. The van der Waals surface area contributed by atoms with Gasteiger partial charge in [-0.05, 0) is 55.6 Å². The molecule has 2 aromatic carbocycles. The first-order chi connectivity index (χ1) is 18.3. The number of nitrogens with zero attached hydrogens (tertiary/aromatic N) is 2. The fraction of sp³-hybridized carbons (Fsp3) is 0.370. The van der Waals surface area contributed by atoms with Gasteiger partial charge in [-0.3, -0.25) is 0 Å². The molecule has 0 saturated carbocycles. The quantitative estimate of drug-likeness (QED) is 0.375. The van der Waals surface area contributed by atoms with Gasteiger partial charge in [0.15, 0.2) is 5.82 Å². The van der Waals surface area contributed by atoms with E-state index >= 15 is 0 Å². The van der Waals surface area contributed by atoms with Crippen LogP contribution in [0.25, 0.3) is 11.3 Å². The van der Waals surface area contributed by atoms with Gasteiger partial charge in [-0.2, -0.15) is 13.2 Å². The van der Waals surface area contributed by atoms with E-state index in [1.54, 1.807) is 6.92 Å². The molecule has 1 aliphatic rings. The summed E-state index contributed by atoms with van der Waals surface area (Å²) in [6.45, 7) is 3.68. The SMILES string of the molecule is COc1cc(C(F)(F)F)ccc1-c1nnc(N[C@@H]2CCCNC2)c(CNC(=O)OCc2ccccc2)c1C. The summed E-state index contributed by atoms with van der Waals surface area (Å²) in [5, 5.41) is 18.2. The summed E-state index contributed by atoms with van der Waals surface area (Å²) in [7, 11) is 1.30. The van der Waals surface area contributed by atoms with Gasteiger partial charge in [-0.1, -0.05) is 30.3 Å². The molecule has 11 heteroatoms. The summed E-state index contributed by atoms with van der Waals surface area (Å²) < 4.78 is 50.4. The lowest BCUT2D eigenvalue weighted by Gasteiger charge is -2.26. The zero-order valence-electron chi connectivity index (χ0n) is 21.2. The Balaban J connectivity index is 1.61. The number of nitrogens with one attached hydrogen (secondary N) is 3. The highest BCUT2D eigenvalue weighted by atomic mass is 19.4. The van der Waals surface area contributed by atoms with Crippen molar-refractivity contribution in [2.45, 2.75) is 45.1 Å². The number of aromatic nitrogens is 2. The second-order valence-corrected chi connectivity index (χ2v) is 9.02. The van der Waals surface area contributed by atoms with Crippen molar-refractivity contribution in [1.82, 2.24) is 20.8 Å². The van der Waals surface area contributed by atoms with E-state index in [4.69, 9.17) is 9.47 Å². The number of ether oxygens (including phenoxy) is 2. The molecule has 0 bridgehead atoms. The van der Waals surface area contributed by atoms with E-state index in [0.29, 0.717) is 28.2 Å². The Morgan fingerprint density at radius 1 is 1.16 bits per heavy atom. The summed E-state index contributed by atoms with van der Waals surface area (Å²) in [5.74, 6) is 0.518. The van der Waals surface area contributed by atoms with Crippen molar-refractivity contribution in [1.29, 1.82) is 0 Å². The van der Waals surface area contributed by atoms with E-state index in [1.165, 1.54) is 13.2 Å². The molecule has 1 atom stereocenters. The molecule has 2 heterocycles. The highest BCUT2D eigenvalue weighted by molar-refractivity contribution is 5.73. The van der Waals surface area contributed by atoms with Gasteiger partial charge in [0.1, 0.15) is 18.1 Å². The lowest BCUT2D eigenvalue weighted by molar-refractivity contribution is -0.137. The third-order valence-corrected chi connectivity index (χ3v) is 6.39. The number of alkyl halides is 3. The number of methoxy groups -OCH3 is 1. The molecule has 1 amide bonds. The third kappa shape index (κ3) is 6.71. The van der Waals surface area contributed by atoms with Crippen LogP contribution in [0.1, 0.15) is 35.1 Å². The second kappa shape index (κ2) is 12.1. The topological polar surface area (TPSA) is 97.4 Å². The van der Waals surface area contributed by atoms with Crippen LogP contribution in [-0.2, 0) is 24.1 Å². The largest absolute Gasteiger partial charge is 0.496 e. The molecule has 0 aliphatic carbocycles. The van der Waals surface area contributed by atoms with E-state index < -0.39 is 17.8 Å². The summed E-state index contributed by atoms with van der Waals surface area (Å²) >= 11 is 0. The average molecular weight is 530 g/mol. The number of hydrogen-bond donors (Lipinski definition) is 3. The number of carbonyl (C=O) groups is 1. The Labute approximate surface area is 218 Å². The smallest absolute Gasteiger partial charge is 0.416 e. The molecular weight excluding hydrogens is 499 g/mol. The minimum absolute atomic E-state index is 0.0237. The van der Waals surface area contributed by atoms with Crippen molar-refractivity contribution in [2.75, 3.05) is 25.5 Å². The van der Waals surface area contributed by atoms with Crippen molar-refractivity contribution in [3.8, 4) is 17.0 Å². The van der Waals surface area contributed by atoms with E-state index in [9.17, 15) is 18.0 Å². The van der Waals surface area contributed by atoms with E-state index in [0.717, 1.165) is 43.6 Å². The molecule has 3 N–H and O–H groups in total. The number of anilines is 1. The van der Waals surface area contributed by atoms with Crippen LogP contribution >= 0.6 is 0 Å². The van der Waals surface area contributed by atoms with Crippen molar-refractivity contribution < 1.29 is 27.4 Å². The number of alkyl carbamates (subject to hydrolysis) is 1. The van der Waals surface area contributed by atoms with Crippen molar-refractivity contribution in [2.24, 2.45) is 0 Å². The Hall–Kier alpha value is -3.86. The predicted octanol–water partition coefficient (Wildman–Crippen LogP) is 5.07. The van der Waals surface area contributed by atoms with Crippen molar-refractivity contribution in [3.63, 3.8) is 0 Å². The van der Waals surface area contributed by atoms with Gasteiger partial charge in [0, 0.05) is 23.7 Å². The molecule has 0 radical (unpaired) electrons. The number of hydrogen-bond acceptors (Lipinski definition) is 7. The number of benzene rings is 2. The van der Waals surface area contributed by atoms with Crippen molar-refractivity contribution in [3.05, 3.63) is 70.8 Å². The van der Waals surface area contributed by atoms with Gasteiger partial charge in [-0.15, -0.1) is 10.2 Å². The van der Waals surface area contributed by atoms with E-state index in [1.807, 2.05) is 30.3 Å². The van der Waals surface area contributed by atoms with Gasteiger partial charge in [-0.25, -0.2) is 4.79 Å². The van der Waals surface area contributed by atoms with Crippen LogP contribution in [-0.4, -0.2) is 42.5 Å². The summed E-state index contributed by atoms with van der Waals surface area (Å²) in [4.78, 5) is 12.5. The Morgan fingerprint density at radius 3 is 2.63 bits per heavy atom. The van der Waals surface area contributed by atoms with E-state index in [-0.39, 0.29) is 24.9 Å². The number of carbonyl (C=O) groups excluding carboxylic acids is 1. The predicted molar refractivity (Wildman–Crippen MR) is 137 cm³/mol. The monoisotopic (exact) mass is 529 g/mol. The molecule has 1 aromatic heterocycles.